The first-order chi connectivity index (χ1) is 8.43. The molecule has 0 saturated carbocycles. The van der Waals surface area contributed by atoms with Crippen LogP contribution in [0.1, 0.15) is 44.0 Å². The molecule has 0 aromatic heterocycles. The second-order valence-corrected chi connectivity index (χ2v) is 4.90. The van der Waals surface area contributed by atoms with Crippen LogP contribution in [0.4, 0.5) is 11.4 Å². The van der Waals surface area contributed by atoms with Gasteiger partial charge >= 0.3 is 5.97 Å². The van der Waals surface area contributed by atoms with Gasteiger partial charge in [-0.25, -0.2) is 4.79 Å². The molecule has 0 spiro atoms. The van der Waals surface area contributed by atoms with E-state index in [1.807, 2.05) is 0 Å². The number of nitrogens with two attached hydrogens (primary N) is 1. The highest BCUT2D eigenvalue weighted by Gasteiger charge is 2.10. The maximum Gasteiger partial charge on any atom is 0.337 e. The normalized spacial score (nSPS) is 13.9. The summed E-state index contributed by atoms with van der Waals surface area (Å²) in [5.74, 6) is -0.324. The number of carboxylic acids is 1. The number of nitrogen functional groups attached to an aromatic ring is 1. The van der Waals surface area contributed by atoms with Crippen molar-refractivity contribution in [1.29, 1.82) is 0 Å². The minimum absolute atomic E-state index is 0.148. The molecule has 0 aliphatic heterocycles. The van der Waals surface area contributed by atoms with Crippen LogP contribution in [0.3, 0.4) is 0 Å². The lowest BCUT2D eigenvalue weighted by Gasteiger charge is -2.19. The lowest BCUT2D eigenvalue weighted by Crippen LogP contribution is -2.18. The number of nitrogens with one attached hydrogen (secondary N) is 1. The van der Waals surface area contributed by atoms with Gasteiger partial charge in [-0.15, -0.1) is 0 Å². The first-order valence-corrected chi connectivity index (χ1v) is 6.33. The van der Waals surface area contributed by atoms with E-state index in [1.54, 1.807) is 12.1 Å². The minimum atomic E-state index is -0.994. The fourth-order valence-corrected chi connectivity index (χ4v) is 1.96. The van der Waals surface area contributed by atoms with Gasteiger partial charge in [0.05, 0.1) is 5.56 Å². The third kappa shape index (κ3) is 3.95. The van der Waals surface area contributed by atoms with Crippen LogP contribution in [0.25, 0.3) is 0 Å². The summed E-state index contributed by atoms with van der Waals surface area (Å²) in [6, 6.07) is 5.31. The second kappa shape index (κ2) is 6.28. The average molecular weight is 250 g/mol. The zero-order valence-corrected chi connectivity index (χ0v) is 11.2. The molecule has 1 aromatic rings. The van der Waals surface area contributed by atoms with E-state index >= 15 is 0 Å². The number of aromatic carboxylic acids is 1. The van der Waals surface area contributed by atoms with Gasteiger partial charge in [0.25, 0.3) is 0 Å². The van der Waals surface area contributed by atoms with E-state index in [-0.39, 0.29) is 5.56 Å². The molecular weight excluding hydrogens is 228 g/mol. The molecule has 0 saturated heterocycles. The predicted octanol–water partition coefficient (Wildman–Crippen LogP) is 3.20. The van der Waals surface area contributed by atoms with Gasteiger partial charge in [-0.1, -0.05) is 20.3 Å². The Kier molecular flexibility index (Phi) is 5.01. The first-order valence-electron chi connectivity index (χ1n) is 6.33. The molecule has 2 atom stereocenters. The molecule has 1 aromatic carbocycles. The maximum atomic E-state index is 10.8. The zero-order chi connectivity index (χ0) is 13.7. The summed E-state index contributed by atoms with van der Waals surface area (Å²) in [4.78, 5) is 10.8. The van der Waals surface area contributed by atoms with Gasteiger partial charge in [0.1, 0.15) is 0 Å². The van der Waals surface area contributed by atoms with Crippen molar-refractivity contribution >= 4 is 17.3 Å². The van der Waals surface area contributed by atoms with Crippen LogP contribution in [0.5, 0.6) is 0 Å². The van der Waals surface area contributed by atoms with Crippen LogP contribution in [-0.4, -0.2) is 17.1 Å². The average Bonchev–Trinajstić information content (AvgIpc) is 2.28. The number of carboxylic acid groups (broad SMARTS) is 1. The molecule has 0 aliphatic rings. The molecule has 4 heteroatoms. The highest BCUT2D eigenvalue weighted by molar-refractivity contribution is 5.94. The van der Waals surface area contributed by atoms with Crippen molar-refractivity contribution in [2.45, 2.75) is 39.7 Å². The van der Waals surface area contributed by atoms with E-state index in [4.69, 9.17) is 10.8 Å². The van der Waals surface area contributed by atoms with Crippen LogP contribution in [-0.2, 0) is 0 Å². The lowest BCUT2D eigenvalue weighted by atomic mass is 10.00. The van der Waals surface area contributed by atoms with Crippen molar-refractivity contribution < 1.29 is 9.90 Å². The summed E-state index contributed by atoms with van der Waals surface area (Å²) in [6.45, 7) is 6.52. The molecule has 0 amide bonds. The monoisotopic (exact) mass is 250 g/mol. The highest BCUT2D eigenvalue weighted by Crippen LogP contribution is 2.20. The molecule has 0 heterocycles. The van der Waals surface area contributed by atoms with E-state index in [2.05, 4.69) is 26.1 Å². The van der Waals surface area contributed by atoms with Gasteiger partial charge in [0, 0.05) is 17.4 Å². The van der Waals surface area contributed by atoms with Gasteiger partial charge in [0.2, 0.25) is 0 Å². The molecule has 0 bridgehead atoms. The zero-order valence-electron chi connectivity index (χ0n) is 11.2. The molecule has 4 N–H and O–H groups in total. The molecule has 2 unspecified atom stereocenters. The topological polar surface area (TPSA) is 75.3 Å². The number of benzene rings is 1. The van der Waals surface area contributed by atoms with Crippen molar-refractivity contribution in [3.05, 3.63) is 23.8 Å². The Balaban J connectivity index is 2.68. The van der Waals surface area contributed by atoms with Gasteiger partial charge in [-0.3, -0.25) is 0 Å². The summed E-state index contributed by atoms with van der Waals surface area (Å²) >= 11 is 0. The van der Waals surface area contributed by atoms with Crippen LogP contribution in [0.2, 0.25) is 0 Å². The van der Waals surface area contributed by atoms with Gasteiger partial charge in [-0.2, -0.15) is 0 Å². The molecule has 0 fully saturated rings. The first kappa shape index (κ1) is 14.4. The largest absolute Gasteiger partial charge is 0.478 e. The van der Waals surface area contributed by atoms with E-state index in [0.29, 0.717) is 17.6 Å². The Hall–Kier alpha value is -1.71. The Morgan fingerprint density at radius 2 is 2.11 bits per heavy atom. The number of rotatable bonds is 6. The van der Waals surface area contributed by atoms with E-state index < -0.39 is 5.97 Å². The van der Waals surface area contributed by atoms with Gasteiger partial charge in [0.15, 0.2) is 0 Å². The van der Waals surface area contributed by atoms with Crippen molar-refractivity contribution in [3.8, 4) is 0 Å². The molecule has 0 aliphatic carbocycles. The van der Waals surface area contributed by atoms with Crippen LogP contribution in [0, 0.1) is 5.92 Å². The molecule has 4 nitrogen and oxygen atoms in total. The quantitative estimate of drug-likeness (QED) is 0.678. The Morgan fingerprint density at radius 1 is 1.44 bits per heavy atom. The lowest BCUT2D eigenvalue weighted by molar-refractivity contribution is 0.0698. The van der Waals surface area contributed by atoms with Crippen molar-refractivity contribution in [2.24, 2.45) is 5.92 Å². The highest BCUT2D eigenvalue weighted by atomic mass is 16.4. The fourth-order valence-electron chi connectivity index (χ4n) is 1.96. The standard InChI is InChI=1S/C14H22N2O2/c1-4-9(2)7-10(3)16-11-5-6-12(14(17)18)13(15)8-11/h5-6,8-10,16H,4,7,15H2,1-3H3,(H,17,18). The minimum Gasteiger partial charge on any atom is -0.478 e. The Morgan fingerprint density at radius 3 is 2.61 bits per heavy atom. The molecule has 1 rings (SSSR count). The summed E-state index contributed by atoms with van der Waals surface area (Å²) in [5, 5.41) is 12.2. The van der Waals surface area contributed by atoms with Crippen LogP contribution >= 0.6 is 0 Å². The number of anilines is 2. The second-order valence-electron chi connectivity index (χ2n) is 4.90. The van der Waals surface area contributed by atoms with Crippen molar-refractivity contribution in [2.75, 3.05) is 11.1 Å². The summed E-state index contributed by atoms with van der Waals surface area (Å²) in [7, 11) is 0. The number of hydrogen-bond donors (Lipinski definition) is 3. The van der Waals surface area contributed by atoms with Gasteiger partial charge < -0.3 is 16.2 Å². The molecular formula is C14H22N2O2. The van der Waals surface area contributed by atoms with Crippen LogP contribution in [0.15, 0.2) is 18.2 Å². The van der Waals surface area contributed by atoms with E-state index in [9.17, 15) is 4.79 Å². The smallest absolute Gasteiger partial charge is 0.337 e. The maximum absolute atomic E-state index is 10.8. The van der Waals surface area contributed by atoms with Gasteiger partial charge in [-0.05, 0) is 37.5 Å². The van der Waals surface area contributed by atoms with Crippen molar-refractivity contribution in [1.82, 2.24) is 0 Å². The van der Waals surface area contributed by atoms with E-state index in [0.717, 1.165) is 18.5 Å². The van der Waals surface area contributed by atoms with Crippen molar-refractivity contribution in [3.63, 3.8) is 0 Å². The SMILES string of the molecule is CCC(C)CC(C)Nc1ccc(C(=O)O)c(N)c1. The van der Waals surface area contributed by atoms with E-state index in [1.165, 1.54) is 6.07 Å². The molecule has 0 radical (unpaired) electrons. The number of hydrogen-bond acceptors (Lipinski definition) is 3. The Bertz CT molecular complexity index is 418. The third-order valence-corrected chi connectivity index (χ3v) is 3.15. The third-order valence-electron chi connectivity index (χ3n) is 3.15. The predicted molar refractivity (Wildman–Crippen MR) is 75.0 cm³/mol. The summed E-state index contributed by atoms with van der Waals surface area (Å²) in [6.07, 6.45) is 2.24. The van der Waals surface area contributed by atoms with Crippen LogP contribution < -0.4 is 11.1 Å². The fraction of sp³-hybridized carbons (Fsp3) is 0.500. The summed E-state index contributed by atoms with van der Waals surface area (Å²) < 4.78 is 0. The Labute approximate surface area is 108 Å². The molecule has 100 valence electrons. The molecule has 18 heavy (non-hydrogen) atoms. The number of carbonyl (C=O) groups is 1. The summed E-state index contributed by atoms with van der Waals surface area (Å²) in [5.41, 5.74) is 7.02.